The Bertz CT molecular complexity index is 452. The van der Waals surface area contributed by atoms with Gasteiger partial charge in [0.05, 0.1) is 19.8 Å². The summed E-state index contributed by atoms with van der Waals surface area (Å²) in [4.78, 5) is 34.6. The number of carbonyl (C=O) groups is 3. The minimum Gasteiger partial charge on any atom is -0.377 e. The van der Waals surface area contributed by atoms with E-state index >= 15 is 0 Å². The van der Waals surface area contributed by atoms with Crippen molar-refractivity contribution in [3.63, 3.8) is 0 Å². The minimum atomic E-state index is -0.251. The van der Waals surface area contributed by atoms with Crippen molar-refractivity contribution in [2.24, 2.45) is 11.3 Å². The summed E-state index contributed by atoms with van der Waals surface area (Å²) in [6, 6.07) is 0. The van der Waals surface area contributed by atoms with Crippen molar-refractivity contribution in [3.05, 3.63) is 0 Å². The number of Topliss-reactive ketones (excluding diaryl/α,β-unsaturated/α-hetero) is 1. The number of hydrogen-bond donors (Lipinski definition) is 2. The molecule has 0 radical (unpaired) electrons. The molecule has 0 unspecified atom stereocenters. The molecule has 158 valence electrons. The maximum Gasteiger partial charge on any atom is 0.245 e. The van der Waals surface area contributed by atoms with Crippen LogP contribution in [-0.4, -0.2) is 57.1 Å². The molecule has 7 heteroatoms. The summed E-state index contributed by atoms with van der Waals surface area (Å²) in [5.41, 5.74) is -0.251. The van der Waals surface area contributed by atoms with Gasteiger partial charge in [0.25, 0.3) is 0 Å². The molecule has 0 aliphatic heterocycles. The average Bonchev–Trinajstić information content (AvgIpc) is 2.62. The molecule has 0 rings (SSSR count). The predicted molar refractivity (Wildman–Crippen MR) is 105 cm³/mol. The van der Waals surface area contributed by atoms with Gasteiger partial charge in [-0.2, -0.15) is 0 Å². The van der Waals surface area contributed by atoms with E-state index in [1.807, 2.05) is 27.7 Å². The van der Waals surface area contributed by atoms with Crippen LogP contribution in [0.15, 0.2) is 0 Å². The first-order chi connectivity index (χ1) is 12.7. The highest BCUT2D eigenvalue weighted by atomic mass is 16.5. The van der Waals surface area contributed by atoms with Crippen molar-refractivity contribution in [2.75, 3.05) is 39.5 Å². The van der Waals surface area contributed by atoms with E-state index in [1.165, 1.54) is 6.92 Å². The molecule has 0 saturated heterocycles. The summed E-state index contributed by atoms with van der Waals surface area (Å²) in [6.07, 6.45) is 3.47. The van der Waals surface area contributed by atoms with Gasteiger partial charge < -0.3 is 20.1 Å². The highest BCUT2D eigenvalue weighted by molar-refractivity contribution is 5.85. The van der Waals surface area contributed by atoms with Gasteiger partial charge in [0.15, 0.2) is 0 Å². The first-order valence-corrected chi connectivity index (χ1v) is 9.91. The first-order valence-electron chi connectivity index (χ1n) is 9.91. The highest BCUT2D eigenvalue weighted by Gasteiger charge is 2.28. The van der Waals surface area contributed by atoms with E-state index in [1.54, 1.807) is 0 Å². The molecular weight excluding hydrogens is 348 g/mol. The van der Waals surface area contributed by atoms with Gasteiger partial charge >= 0.3 is 0 Å². The van der Waals surface area contributed by atoms with Crippen molar-refractivity contribution >= 4 is 17.6 Å². The normalized spacial score (nSPS) is 12.5. The lowest BCUT2D eigenvalue weighted by Gasteiger charge is -2.25. The van der Waals surface area contributed by atoms with Crippen molar-refractivity contribution in [1.82, 2.24) is 10.6 Å². The number of nitrogens with one attached hydrogen (secondary N) is 2. The van der Waals surface area contributed by atoms with E-state index in [4.69, 9.17) is 9.47 Å². The van der Waals surface area contributed by atoms with Crippen molar-refractivity contribution < 1.29 is 23.9 Å². The van der Waals surface area contributed by atoms with Crippen LogP contribution in [0.25, 0.3) is 0 Å². The molecule has 0 aromatic carbocycles. The van der Waals surface area contributed by atoms with E-state index in [0.717, 1.165) is 25.7 Å². The second kappa shape index (κ2) is 14.6. The number of hydrogen-bond acceptors (Lipinski definition) is 5. The summed E-state index contributed by atoms with van der Waals surface area (Å²) in [6.45, 7) is 11.7. The van der Waals surface area contributed by atoms with Crippen LogP contribution in [0.4, 0.5) is 0 Å². The van der Waals surface area contributed by atoms with E-state index in [2.05, 4.69) is 10.6 Å². The Morgan fingerprint density at radius 1 is 0.963 bits per heavy atom. The minimum absolute atomic E-state index is 0.00857. The van der Waals surface area contributed by atoms with Crippen LogP contribution < -0.4 is 10.6 Å². The lowest BCUT2D eigenvalue weighted by atomic mass is 9.78. The van der Waals surface area contributed by atoms with Gasteiger partial charge in [-0.15, -0.1) is 0 Å². The van der Waals surface area contributed by atoms with Crippen LogP contribution in [0.3, 0.4) is 0 Å². The standard InChI is InChI=1S/C20H38N2O5/c1-6-20(4,5)19(25)16(2)9-7-8-10-22-18(24)15-27-14-13-26-12-11-21-17(3)23/h16H,6-15H2,1-5H3,(H,21,23)(H,22,24)/t16-/m0/s1. The lowest BCUT2D eigenvalue weighted by molar-refractivity contribution is -0.131. The fraction of sp³-hybridized carbons (Fsp3) is 0.850. The van der Waals surface area contributed by atoms with Gasteiger partial charge in [0.2, 0.25) is 11.8 Å². The van der Waals surface area contributed by atoms with E-state index in [9.17, 15) is 14.4 Å². The summed E-state index contributed by atoms with van der Waals surface area (Å²) in [5.74, 6) is 0.147. The quantitative estimate of drug-likeness (QED) is 0.396. The Kier molecular flexibility index (Phi) is 13.8. The molecule has 0 spiro atoms. The van der Waals surface area contributed by atoms with E-state index in [0.29, 0.717) is 38.7 Å². The molecule has 0 fully saturated rings. The molecule has 0 aliphatic rings. The molecule has 0 bridgehead atoms. The molecule has 7 nitrogen and oxygen atoms in total. The molecule has 1 atom stereocenters. The zero-order valence-electron chi connectivity index (χ0n) is 17.7. The third-order valence-electron chi connectivity index (χ3n) is 4.61. The van der Waals surface area contributed by atoms with Crippen molar-refractivity contribution in [1.29, 1.82) is 0 Å². The zero-order chi connectivity index (χ0) is 20.7. The van der Waals surface area contributed by atoms with Gasteiger partial charge in [0.1, 0.15) is 12.4 Å². The highest BCUT2D eigenvalue weighted by Crippen LogP contribution is 2.27. The third-order valence-corrected chi connectivity index (χ3v) is 4.61. The van der Waals surface area contributed by atoms with Crippen LogP contribution >= 0.6 is 0 Å². The van der Waals surface area contributed by atoms with Gasteiger partial charge in [0, 0.05) is 31.3 Å². The number of amides is 2. The van der Waals surface area contributed by atoms with Crippen LogP contribution in [0.2, 0.25) is 0 Å². The smallest absolute Gasteiger partial charge is 0.245 e. The molecule has 2 amide bonds. The maximum absolute atomic E-state index is 12.3. The Balaban J connectivity index is 3.56. The van der Waals surface area contributed by atoms with Crippen LogP contribution in [0, 0.1) is 11.3 Å². The second-order valence-corrected chi connectivity index (χ2v) is 7.50. The van der Waals surface area contributed by atoms with Gasteiger partial charge in [-0.1, -0.05) is 34.1 Å². The topological polar surface area (TPSA) is 93.7 Å². The SMILES string of the molecule is CCC(C)(C)C(=O)[C@@H](C)CCCCNC(=O)COCCOCCNC(C)=O. The van der Waals surface area contributed by atoms with E-state index in [-0.39, 0.29) is 29.8 Å². The lowest BCUT2D eigenvalue weighted by Crippen LogP contribution is -2.30. The predicted octanol–water partition coefficient (Wildman–Crippen LogP) is 2.08. The fourth-order valence-corrected chi connectivity index (χ4v) is 2.51. The number of ether oxygens (including phenoxy) is 2. The third kappa shape index (κ3) is 13.4. The Hall–Kier alpha value is -1.47. The van der Waals surface area contributed by atoms with Gasteiger partial charge in [-0.3, -0.25) is 14.4 Å². The van der Waals surface area contributed by atoms with E-state index < -0.39 is 0 Å². The van der Waals surface area contributed by atoms with Crippen LogP contribution in [-0.2, 0) is 23.9 Å². The molecular formula is C20H38N2O5. The largest absolute Gasteiger partial charge is 0.377 e. The molecule has 0 aliphatic carbocycles. The van der Waals surface area contributed by atoms with Gasteiger partial charge in [-0.05, 0) is 19.3 Å². The number of rotatable bonds is 16. The molecule has 0 aromatic rings. The monoisotopic (exact) mass is 386 g/mol. The fourth-order valence-electron chi connectivity index (χ4n) is 2.51. The van der Waals surface area contributed by atoms with Crippen LogP contribution in [0.1, 0.15) is 60.3 Å². The van der Waals surface area contributed by atoms with Crippen LogP contribution in [0.5, 0.6) is 0 Å². The first kappa shape index (κ1) is 25.5. The molecule has 0 saturated carbocycles. The van der Waals surface area contributed by atoms with Gasteiger partial charge in [-0.25, -0.2) is 0 Å². The van der Waals surface area contributed by atoms with Crippen molar-refractivity contribution in [3.8, 4) is 0 Å². The summed E-state index contributed by atoms with van der Waals surface area (Å²) in [7, 11) is 0. The maximum atomic E-state index is 12.3. The molecule has 0 heterocycles. The summed E-state index contributed by atoms with van der Waals surface area (Å²) < 4.78 is 10.5. The number of unbranched alkanes of at least 4 members (excludes halogenated alkanes) is 1. The second-order valence-electron chi connectivity index (χ2n) is 7.50. The Morgan fingerprint density at radius 2 is 1.63 bits per heavy atom. The zero-order valence-corrected chi connectivity index (χ0v) is 17.7. The van der Waals surface area contributed by atoms with Crippen molar-refractivity contribution in [2.45, 2.75) is 60.3 Å². The Labute approximate surface area is 163 Å². The summed E-state index contributed by atoms with van der Waals surface area (Å²) in [5, 5.41) is 5.44. The average molecular weight is 387 g/mol. The number of carbonyl (C=O) groups excluding carboxylic acids is 3. The summed E-state index contributed by atoms with van der Waals surface area (Å²) >= 11 is 0. The number of ketones is 1. The Morgan fingerprint density at radius 3 is 2.26 bits per heavy atom. The molecule has 2 N–H and O–H groups in total. The molecule has 0 aromatic heterocycles. The molecule has 27 heavy (non-hydrogen) atoms.